The van der Waals surface area contributed by atoms with Gasteiger partial charge in [-0.3, -0.25) is 4.79 Å². The van der Waals surface area contributed by atoms with Crippen molar-refractivity contribution in [3.63, 3.8) is 0 Å². The average molecular weight is 160 g/mol. The van der Waals surface area contributed by atoms with Gasteiger partial charge in [0.05, 0.1) is 0 Å². The molecule has 12 heavy (non-hydrogen) atoms. The fourth-order valence-corrected chi connectivity index (χ4v) is 4.72. The lowest BCUT2D eigenvalue weighted by Crippen LogP contribution is -2.46. The minimum absolute atomic E-state index is 0.458. The first-order valence-electron chi connectivity index (χ1n) is 5.03. The number of hydrogen-bond acceptors (Lipinski definition) is 1. The molecule has 5 rings (SSSR count). The van der Waals surface area contributed by atoms with E-state index in [9.17, 15) is 4.79 Å². The van der Waals surface area contributed by atoms with Crippen LogP contribution in [0.25, 0.3) is 0 Å². The molecule has 62 valence electrons. The largest absolute Gasteiger partial charge is 0.299 e. The molecule has 0 radical (unpaired) electrons. The molecule has 0 N–H and O–H groups in total. The summed E-state index contributed by atoms with van der Waals surface area (Å²) in [5.41, 5.74) is 1.45. The normalized spacial score (nSPS) is 64.3. The van der Waals surface area contributed by atoms with Crippen LogP contribution < -0.4 is 0 Å². The van der Waals surface area contributed by atoms with Crippen molar-refractivity contribution in [2.24, 2.45) is 35.5 Å². The number of ketones is 1. The van der Waals surface area contributed by atoms with Crippen LogP contribution in [-0.4, -0.2) is 5.78 Å². The van der Waals surface area contributed by atoms with Gasteiger partial charge in [0.15, 0.2) is 0 Å². The van der Waals surface area contributed by atoms with Gasteiger partial charge in [-0.1, -0.05) is 12.2 Å². The van der Waals surface area contributed by atoms with Crippen molar-refractivity contribution < 1.29 is 4.79 Å². The summed E-state index contributed by atoms with van der Waals surface area (Å²) in [6, 6.07) is 0. The SMILES string of the molecule is C=C1[C@@H]2C3C(=O)[C@H]4[C@@H]2CC[C@@H]1[C@@H]34. The van der Waals surface area contributed by atoms with E-state index < -0.39 is 0 Å². The first-order valence-corrected chi connectivity index (χ1v) is 5.03. The molecule has 5 aliphatic carbocycles. The third kappa shape index (κ3) is 0.337. The predicted molar refractivity (Wildman–Crippen MR) is 44.3 cm³/mol. The van der Waals surface area contributed by atoms with E-state index in [-0.39, 0.29) is 0 Å². The van der Waals surface area contributed by atoms with Crippen molar-refractivity contribution in [2.75, 3.05) is 0 Å². The summed E-state index contributed by atoms with van der Waals surface area (Å²) in [4.78, 5) is 11.6. The second-order valence-corrected chi connectivity index (χ2v) is 4.98. The first kappa shape index (κ1) is 5.95. The summed E-state index contributed by atoms with van der Waals surface area (Å²) in [5, 5.41) is 0. The topological polar surface area (TPSA) is 17.1 Å². The Morgan fingerprint density at radius 3 is 2.67 bits per heavy atom. The Bertz CT molecular complexity index is 313. The summed E-state index contributed by atoms with van der Waals surface area (Å²) in [5.74, 6) is 4.47. The molecule has 0 saturated heterocycles. The Morgan fingerprint density at radius 2 is 2.00 bits per heavy atom. The summed E-state index contributed by atoms with van der Waals surface area (Å²) in [6.45, 7) is 4.18. The van der Waals surface area contributed by atoms with Gasteiger partial charge in [-0.2, -0.15) is 0 Å². The molecule has 1 nitrogen and oxygen atoms in total. The highest BCUT2D eigenvalue weighted by molar-refractivity contribution is 5.95. The zero-order valence-corrected chi connectivity index (χ0v) is 6.99. The number of allylic oxidation sites excluding steroid dienone is 1. The van der Waals surface area contributed by atoms with E-state index in [0.717, 1.165) is 17.8 Å². The number of fused-ring (bicyclic) bond motifs is 1. The van der Waals surface area contributed by atoms with E-state index in [1.165, 1.54) is 18.4 Å². The monoisotopic (exact) mass is 160 g/mol. The quantitative estimate of drug-likeness (QED) is 0.492. The van der Waals surface area contributed by atoms with E-state index in [0.29, 0.717) is 23.5 Å². The third-order valence-electron chi connectivity index (χ3n) is 4.98. The molecule has 1 unspecified atom stereocenters. The molecule has 1 heteroatoms. The van der Waals surface area contributed by atoms with Gasteiger partial charge in [-0.15, -0.1) is 0 Å². The molecular weight excluding hydrogens is 148 g/mol. The second-order valence-electron chi connectivity index (χ2n) is 4.98. The number of rotatable bonds is 0. The van der Waals surface area contributed by atoms with Gasteiger partial charge in [0.2, 0.25) is 0 Å². The molecule has 0 heterocycles. The van der Waals surface area contributed by atoms with Gasteiger partial charge < -0.3 is 0 Å². The smallest absolute Gasteiger partial charge is 0.140 e. The van der Waals surface area contributed by atoms with Crippen LogP contribution in [0, 0.1) is 35.5 Å². The van der Waals surface area contributed by atoms with Gasteiger partial charge in [0.25, 0.3) is 0 Å². The van der Waals surface area contributed by atoms with Gasteiger partial charge in [0, 0.05) is 11.8 Å². The van der Waals surface area contributed by atoms with Crippen LogP contribution in [0.4, 0.5) is 0 Å². The van der Waals surface area contributed by atoms with Crippen molar-refractivity contribution in [3.8, 4) is 0 Å². The first-order chi connectivity index (χ1) is 5.80. The fraction of sp³-hybridized carbons (Fsp3) is 0.727. The van der Waals surface area contributed by atoms with E-state index >= 15 is 0 Å². The van der Waals surface area contributed by atoms with E-state index in [1.54, 1.807) is 0 Å². The molecule has 5 fully saturated rings. The Kier molecular flexibility index (Phi) is 0.708. The standard InChI is InChI=1S/C11H12O/c1-4-5-2-3-6-7(4)10-8(5)9(6)11(10)12/h5-10H,1-3H2/t5-,6+,7-,8+,9-,10?/m0/s1. The van der Waals surface area contributed by atoms with E-state index in [4.69, 9.17) is 0 Å². The van der Waals surface area contributed by atoms with Gasteiger partial charge >= 0.3 is 0 Å². The fourth-order valence-electron chi connectivity index (χ4n) is 4.72. The minimum atomic E-state index is 0.458. The number of carbonyl (C=O) groups excluding carboxylic acids is 1. The summed E-state index contributed by atoms with van der Waals surface area (Å²) >= 11 is 0. The Hall–Kier alpha value is -0.590. The van der Waals surface area contributed by atoms with Crippen LogP contribution in [0.2, 0.25) is 0 Å². The van der Waals surface area contributed by atoms with Gasteiger partial charge in [-0.25, -0.2) is 0 Å². The van der Waals surface area contributed by atoms with Crippen LogP contribution >= 0.6 is 0 Å². The summed E-state index contributed by atoms with van der Waals surface area (Å²) in [6.07, 6.45) is 2.66. The zero-order chi connectivity index (χ0) is 8.03. The van der Waals surface area contributed by atoms with Gasteiger partial charge in [-0.05, 0) is 36.5 Å². The van der Waals surface area contributed by atoms with Crippen LogP contribution in [0.5, 0.6) is 0 Å². The van der Waals surface area contributed by atoms with Crippen LogP contribution in [0.3, 0.4) is 0 Å². The molecule has 5 aliphatic rings. The molecule has 6 atom stereocenters. The van der Waals surface area contributed by atoms with E-state index in [2.05, 4.69) is 6.58 Å². The maximum Gasteiger partial charge on any atom is 0.140 e. The molecule has 0 aromatic heterocycles. The van der Waals surface area contributed by atoms with Crippen molar-refractivity contribution in [1.29, 1.82) is 0 Å². The Labute approximate surface area is 71.8 Å². The van der Waals surface area contributed by atoms with Crippen molar-refractivity contribution in [1.82, 2.24) is 0 Å². The lowest BCUT2D eigenvalue weighted by Gasteiger charge is -2.44. The number of carbonyl (C=O) groups is 1. The minimum Gasteiger partial charge on any atom is -0.299 e. The van der Waals surface area contributed by atoms with E-state index in [1.807, 2.05) is 0 Å². The molecule has 0 aliphatic heterocycles. The molecular formula is C11H12O. The maximum atomic E-state index is 11.6. The molecule has 0 aromatic carbocycles. The lowest BCUT2D eigenvalue weighted by atomic mass is 9.58. The van der Waals surface area contributed by atoms with Crippen molar-refractivity contribution in [2.45, 2.75) is 12.8 Å². The lowest BCUT2D eigenvalue weighted by molar-refractivity contribution is -0.140. The van der Waals surface area contributed by atoms with Crippen LogP contribution in [0.15, 0.2) is 12.2 Å². The van der Waals surface area contributed by atoms with Crippen molar-refractivity contribution >= 4 is 5.78 Å². The van der Waals surface area contributed by atoms with Crippen LogP contribution in [-0.2, 0) is 4.79 Å². The Balaban J connectivity index is 1.97. The van der Waals surface area contributed by atoms with Crippen molar-refractivity contribution in [3.05, 3.63) is 12.2 Å². The third-order valence-corrected chi connectivity index (χ3v) is 4.98. The highest BCUT2D eigenvalue weighted by atomic mass is 16.1. The molecule has 5 saturated carbocycles. The predicted octanol–water partition coefficient (Wildman–Crippen LogP) is 1.64. The maximum absolute atomic E-state index is 11.6. The second kappa shape index (κ2) is 1.43. The molecule has 0 aromatic rings. The molecule has 0 spiro atoms. The number of hydrogen-bond donors (Lipinski definition) is 0. The molecule has 0 amide bonds. The average Bonchev–Trinajstić information content (AvgIpc) is 2.59. The van der Waals surface area contributed by atoms with Crippen LogP contribution in [0.1, 0.15) is 12.8 Å². The highest BCUT2D eigenvalue weighted by Crippen LogP contribution is 2.74. The number of Topliss-reactive ketones (excluding diaryl/α,β-unsaturated/α-hetero) is 1. The zero-order valence-electron chi connectivity index (χ0n) is 6.99. The summed E-state index contributed by atoms with van der Waals surface area (Å²) < 4.78 is 0. The van der Waals surface area contributed by atoms with Gasteiger partial charge in [0.1, 0.15) is 5.78 Å². The highest BCUT2D eigenvalue weighted by Gasteiger charge is 2.74. The molecule has 6 bridgehead atoms. The Morgan fingerprint density at radius 1 is 1.17 bits per heavy atom. The summed E-state index contributed by atoms with van der Waals surface area (Å²) in [7, 11) is 0.